The van der Waals surface area contributed by atoms with E-state index in [-0.39, 0.29) is 16.5 Å². The van der Waals surface area contributed by atoms with Crippen LogP contribution in [0.3, 0.4) is 0 Å². The molecule has 204 valence electrons. The number of nitrogens with one attached hydrogen (secondary N) is 1. The molecule has 2 saturated heterocycles. The number of rotatable bonds is 8. The highest BCUT2D eigenvalue weighted by Gasteiger charge is 2.29. The Bertz CT molecular complexity index is 1360. The number of nitrogens with zero attached hydrogens (tertiary/aromatic N) is 2. The Morgan fingerprint density at radius 2 is 1.74 bits per heavy atom. The summed E-state index contributed by atoms with van der Waals surface area (Å²) in [6.07, 6.45) is 7.77. The molecular formula is C29H37N3O4S2. The van der Waals surface area contributed by atoms with Crippen molar-refractivity contribution in [3.63, 3.8) is 0 Å². The minimum atomic E-state index is -3.99. The third-order valence-electron chi connectivity index (χ3n) is 7.62. The first kappa shape index (κ1) is 27.2. The average Bonchev–Trinajstić information content (AvgIpc) is 3.06. The fourth-order valence-corrected chi connectivity index (χ4v) is 8.08. The molecule has 2 aromatic carbocycles. The van der Waals surface area contributed by atoms with Crippen LogP contribution in [-0.4, -0.2) is 55.5 Å². The monoisotopic (exact) mass is 555 g/mol. The quantitative estimate of drug-likeness (QED) is 0.364. The molecule has 9 heteroatoms. The van der Waals surface area contributed by atoms with Crippen LogP contribution in [0.2, 0.25) is 0 Å². The summed E-state index contributed by atoms with van der Waals surface area (Å²) in [7, 11) is -3.99. The molecule has 0 atom stereocenters. The van der Waals surface area contributed by atoms with Gasteiger partial charge in [0, 0.05) is 43.1 Å². The number of aryl methyl sites for hydroxylation is 1. The van der Waals surface area contributed by atoms with Gasteiger partial charge in [0.2, 0.25) is 0 Å². The van der Waals surface area contributed by atoms with Crippen LogP contribution >= 0.6 is 11.9 Å². The summed E-state index contributed by atoms with van der Waals surface area (Å²) in [6.45, 7) is 5.98. The molecule has 1 amide bonds. The predicted octanol–water partition coefficient (Wildman–Crippen LogP) is 5.62. The zero-order valence-corrected chi connectivity index (χ0v) is 23.7. The molecule has 0 aliphatic carbocycles. The average molecular weight is 556 g/mol. The van der Waals surface area contributed by atoms with Gasteiger partial charge in [-0.15, -0.1) is 0 Å². The molecule has 2 aliphatic rings. The SMILES string of the molecule is Cc1c(C(=O)NCCC2CCOCC2)n(S(=O)(=O)c2ccccc2)c2ccc(SN3CCCCCC3)cc12. The number of hydrogen-bond donors (Lipinski definition) is 1. The highest BCUT2D eigenvalue weighted by molar-refractivity contribution is 7.97. The minimum Gasteiger partial charge on any atom is -0.381 e. The number of fused-ring (bicyclic) bond motifs is 1. The van der Waals surface area contributed by atoms with Crippen LogP contribution in [0.4, 0.5) is 0 Å². The number of amides is 1. The second-order valence-corrected chi connectivity index (χ2v) is 13.2. The molecule has 3 aromatic rings. The maximum Gasteiger partial charge on any atom is 0.269 e. The Hall–Kier alpha value is -2.33. The summed E-state index contributed by atoms with van der Waals surface area (Å²) < 4.78 is 36.9. The molecule has 0 saturated carbocycles. The van der Waals surface area contributed by atoms with Crippen molar-refractivity contribution in [3.8, 4) is 0 Å². The molecular weight excluding hydrogens is 518 g/mol. The van der Waals surface area contributed by atoms with Gasteiger partial charge in [0.1, 0.15) is 5.69 Å². The first-order valence-corrected chi connectivity index (χ1v) is 15.9. The summed E-state index contributed by atoms with van der Waals surface area (Å²) in [4.78, 5) is 14.8. The van der Waals surface area contributed by atoms with Gasteiger partial charge in [0.05, 0.1) is 10.4 Å². The van der Waals surface area contributed by atoms with E-state index in [1.165, 1.54) is 29.7 Å². The molecule has 0 bridgehead atoms. The van der Waals surface area contributed by atoms with E-state index in [0.717, 1.165) is 55.8 Å². The Morgan fingerprint density at radius 3 is 2.45 bits per heavy atom. The largest absolute Gasteiger partial charge is 0.381 e. The highest BCUT2D eigenvalue weighted by Crippen LogP contribution is 2.34. The van der Waals surface area contributed by atoms with E-state index >= 15 is 0 Å². The smallest absolute Gasteiger partial charge is 0.269 e. The van der Waals surface area contributed by atoms with Gasteiger partial charge in [-0.1, -0.05) is 31.0 Å². The Balaban J connectivity index is 1.49. The number of carbonyl (C=O) groups excluding carboxylic acids is 1. The maximum atomic E-state index is 13.9. The van der Waals surface area contributed by atoms with Crippen LogP contribution in [0.25, 0.3) is 10.9 Å². The summed E-state index contributed by atoms with van der Waals surface area (Å²) in [6, 6.07) is 14.2. The molecule has 38 heavy (non-hydrogen) atoms. The first-order valence-electron chi connectivity index (χ1n) is 13.7. The molecule has 2 aliphatic heterocycles. The van der Waals surface area contributed by atoms with E-state index < -0.39 is 10.0 Å². The second kappa shape index (κ2) is 12.2. The van der Waals surface area contributed by atoms with Gasteiger partial charge >= 0.3 is 0 Å². The molecule has 3 heterocycles. The van der Waals surface area contributed by atoms with Crippen LogP contribution in [-0.2, 0) is 14.8 Å². The van der Waals surface area contributed by atoms with Crippen molar-refractivity contribution in [3.05, 3.63) is 59.8 Å². The number of benzene rings is 2. The van der Waals surface area contributed by atoms with Crippen molar-refractivity contribution in [1.29, 1.82) is 0 Å². The molecule has 1 aromatic heterocycles. The zero-order valence-electron chi connectivity index (χ0n) is 22.0. The van der Waals surface area contributed by atoms with Gasteiger partial charge in [-0.05, 0) is 92.8 Å². The molecule has 0 unspecified atom stereocenters. The van der Waals surface area contributed by atoms with Gasteiger partial charge in [-0.25, -0.2) is 16.7 Å². The van der Waals surface area contributed by atoms with Gasteiger partial charge in [-0.2, -0.15) is 0 Å². The topological polar surface area (TPSA) is 80.6 Å². The predicted molar refractivity (Wildman–Crippen MR) is 152 cm³/mol. The normalized spacial score (nSPS) is 17.9. The van der Waals surface area contributed by atoms with Crippen molar-refractivity contribution >= 4 is 38.8 Å². The Morgan fingerprint density at radius 1 is 1.03 bits per heavy atom. The van der Waals surface area contributed by atoms with E-state index in [2.05, 4.69) is 9.62 Å². The number of ether oxygens (including phenoxy) is 1. The summed E-state index contributed by atoms with van der Waals surface area (Å²) in [5.74, 6) is 0.162. The van der Waals surface area contributed by atoms with E-state index in [9.17, 15) is 13.2 Å². The molecule has 0 radical (unpaired) electrons. The van der Waals surface area contributed by atoms with Crippen molar-refractivity contribution < 1.29 is 17.9 Å². The van der Waals surface area contributed by atoms with Crippen LogP contribution in [0.1, 0.15) is 61.0 Å². The lowest BCUT2D eigenvalue weighted by Crippen LogP contribution is -2.31. The second-order valence-electron chi connectivity index (χ2n) is 10.3. The summed E-state index contributed by atoms with van der Waals surface area (Å²) >= 11 is 1.72. The summed E-state index contributed by atoms with van der Waals surface area (Å²) in [5.41, 5.74) is 1.40. The Labute approximate surface area is 230 Å². The third kappa shape index (κ3) is 5.96. The lowest BCUT2D eigenvalue weighted by atomic mass is 9.97. The van der Waals surface area contributed by atoms with Gasteiger partial charge in [0.25, 0.3) is 15.9 Å². The fourth-order valence-electron chi connectivity index (χ4n) is 5.45. The van der Waals surface area contributed by atoms with E-state index in [0.29, 0.717) is 23.5 Å². The molecule has 7 nitrogen and oxygen atoms in total. The number of hydrogen-bond acceptors (Lipinski definition) is 6. The lowest BCUT2D eigenvalue weighted by Gasteiger charge is -2.22. The standard InChI is InChI=1S/C29H37N3O4S2/c1-22-26-21-24(37-31-17-7-2-3-8-18-31)11-12-27(26)32(38(34,35)25-9-5-4-6-10-25)28(22)29(33)30-16-13-23-14-19-36-20-15-23/h4-6,9-12,21,23H,2-3,7-8,13-20H2,1H3,(H,30,33). The fraction of sp³-hybridized carbons (Fsp3) is 0.483. The van der Waals surface area contributed by atoms with E-state index in [1.807, 2.05) is 25.1 Å². The number of aromatic nitrogens is 1. The van der Waals surface area contributed by atoms with E-state index in [4.69, 9.17) is 4.74 Å². The maximum absolute atomic E-state index is 13.9. The summed E-state index contributed by atoms with van der Waals surface area (Å²) in [5, 5.41) is 3.81. The number of carbonyl (C=O) groups is 1. The lowest BCUT2D eigenvalue weighted by molar-refractivity contribution is 0.0635. The third-order valence-corrected chi connectivity index (χ3v) is 10.4. The Kier molecular flexibility index (Phi) is 8.77. The zero-order chi connectivity index (χ0) is 26.5. The molecule has 5 rings (SSSR count). The van der Waals surface area contributed by atoms with Gasteiger partial charge in [-0.3, -0.25) is 4.79 Å². The van der Waals surface area contributed by atoms with Gasteiger partial charge < -0.3 is 10.1 Å². The van der Waals surface area contributed by atoms with Crippen molar-refractivity contribution in [2.24, 2.45) is 5.92 Å². The minimum absolute atomic E-state index is 0.163. The molecule has 1 N–H and O–H groups in total. The van der Waals surface area contributed by atoms with Crippen molar-refractivity contribution in [2.75, 3.05) is 32.8 Å². The van der Waals surface area contributed by atoms with Gasteiger partial charge in [0.15, 0.2) is 0 Å². The van der Waals surface area contributed by atoms with Crippen LogP contribution in [0.5, 0.6) is 0 Å². The van der Waals surface area contributed by atoms with E-state index in [1.54, 1.807) is 42.3 Å². The van der Waals surface area contributed by atoms with Crippen molar-refractivity contribution in [1.82, 2.24) is 13.6 Å². The molecule has 0 spiro atoms. The molecule has 2 fully saturated rings. The van der Waals surface area contributed by atoms with Crippen LogP contribution < -0.4 is 5.32 Å². The van der Waals surface area contributed by atoms with Crippen molar-refractivity contribution in [2.45, 2.75) is 61.7 Å². The van der Waals surface area contributed by atoms with Crippen LogP contribution in [0, 0.1) is 12.8 Å². The van der Waals surface area contributed by atoms with Crippen LogP contribution in [0.15, 0.2) is 58.3 Å². The first-order chi connectivity index (χ1) is 18.4. The highest BCUT2D eigenvalue weighted by atomic mass is 32.2.